The van der Waals surface area contributed by atoms with Gasteiger partial charge < -0.3 is 5.32 Å². The SMILES string of the molecule is C#C/C=C\C=C(/C)CN(CC)CCc1ccc(Nc2nc(-c3ccccc3)cs2)cc1. The number of nitrogens with zero attached hydrogens (tertiary/aromatic N) is 2. The molecule has 0 bridgehead atoms. The molecule has 1 heterocycles. The molecule has 1 N–H and O–H groups in total. The zero-order chi connectivity index (χ0) is 21.9. The van der Waals surface area contributed by atoms with E-state index in [1.807, 2.05) is 24.3 Å². The van der Waals surface area contributed by atoms with E-state index in [9.17, 15) is 0 Å². The van der Waals surface area contributed by atoms with Crippen molar-refractivity contribution in [2.75, 3.05) is 25.0 Å². The molecule has 0 aliphatic heterocycles. The van der Waals surface area contributed by atoms with Gasteiger partial charge in [0.15, 0.2) is 5.13 Å². The average Bonchev–Trinajstić information content (AvgIpc) is 3.27. The fourth-order valence-corrected chi connectivity index (χ4v) is 4.00. The number of rotatable bonds is 10. The monoisotopic (exact) mass is 427 g/mol. The Labute approximate surface area is 190 Å². The van der Waals surface area contributed by atoms with Crippen molar-refractivity contribution in [1.29, 1.82) is 0 Å². The van der Waals surface area contributed by atoms with Crippen LogP contribution in [0.2, 0.25) is 0 Å². The van der Waals surface area contributed by atoms with Gasteiger partial charge in [0.2, 0.25) is 0 Å². The first-order chi connectivity index (χ1) is 15.2. The van der Waals surface area contributed by atoms with Crippen LogP contribution in [0.4, 0.5) is 10.8 Å². The van der Waals surface area contributed by atoms with Crippen LogP contribution in [-0.2, 0) is 6.42 Å². The third kappa shape index (κ3) is 7.25. The third-order valence-electron chi connectivity index (χ3n) is 4.99. The van der Waals surface area contributed by atoms with E-state index in [2.05, 4.69) is 77.8 Å². The van der Waals surface area contributed by atoms with Gasteiger partial charge in [-0.15, -0.1) is 17.8 Å². The van der Waals surface area contributed by atoms with Gasteiger partial charge in [-0.25, -0.2) is 4.98 Å². The van der Waals surface area contributed by atoms with Gasteiger partial charge in [-0.2, -0.15) is 0 Å². The molecule has 3 rings (SSSR count). The van der Waals surface area contributed by atoms with E-state index >= 15 is 0 Å². The molecule has 3 nitrogen and oxygen atoms in total. The van der Waals surface area contributed by atoms with Crippen LogP contribution in [0.1, 0.15) is 19.4 Å². The van der Waals surface area contributed by atoms with Gasteiger partial charge in [-0.3, -0.25) is 4.90 Å². The molecule has 3 aromatic rings. The number of nitrogens with one attached hydrogen (secondary N) is 1. The minimum atomic E-state index is 0.907. The molecule has 158 valence electrons. The molecule has 0 aliphatic carbocycles. The molecular formula is C27H29N3S. The minimum absolute atomic E-state index is 0.907. The topological polar surface area (TPSA) is 28.2 Å². The summed E-state index contributed by atoms with van der Waals surface area (Å²) >= 11 is 1.62. The van der Waals surface area contributed by atoms with Crippen LogP contribution < -0.4 is 5.32 Å². The molecule has 1 aromatic heterocycles. The lowest BCUT2D eigenvalue weighted by molar-refractivity contribution is 0.316. The Morgan fingerprint density at radius 3 is 2.65 bits per heavy atom. The van der Waals surface area contributed by atoms with Gasteiger partial charge >= 0.3 is 0 Å². The lowest BCUT2D eigenvalue weighted by Crippen LogP contribution is -2.27. The number of hydrogen-bond donors (Lipinski definition) is 1. The molecule has 0 unspecified atom stereocenters. The van der Waals surface area contributed by atoms with Crippen molar-refractivity contribution < 1.29 is 0 Å². The Morgan fingerprint density at radius 2 is 1.94 bits per heavy atom. The summed E-state index contributed by atoms with van der Waals surface area (Å²) in [6, 6.07) is 18.9. The molecule has 0 aliphatic rings. The number of allylic oxidation sites excluding steroid dienone is 3. The van der Waals surface area contributed by atoms with E-state index in [1.165, 1.54) is 11.1 Å². The molecule has 0 spiro atoms. The van der Waals surface area contributed by atoms with E-state index in [4.69, 9.17) is 11.4 Å². The quantitative estimate of drug-likeness (QED) is 0.294. The number of thiazole rings is 1. The first kappa shape index (κ1) is 22.6. The smallest absolute Gasteiger partial charge is 0.187 e. The predicted molar refractivity (Wildman–Crippen MR) is 135 cm³/mol. The van der Waals surface area contributed by atoms with E-state index in [-0.39, 0.29) is 0 Å². The van der Waals surface area contributed by atoms with Crippen molar-refractivity contribution in [3.8, 4) is 23.6 Å². The first-order valence-corrected chi connectivity index (χ1v) is 11.4. The number of hydrogen-bond acceptors (Lipinski definition) is 4. The van der Waals surface area contributed by atoms with Crippen LogP contribution in [0.3, 0.4) is 0 Å². The van der Waals surface area contributed by atoms with Gasteiger partial charge in [0.25, 0.3) is 0 Å². The average molecular weight is 428 g/mol. The van der Waals surface area contributed by atoms with Gasteiger partial charge in [-0.05, 0) is 43.7 Å². The lowest BCUT2D eigenvalue weighted by atomic mass is 10.1. The second-order valence-corrected chi connectivity index (χ2v) is 8.24. The van der Waals surface area contributed by atoms with Crippen LogP contribution in [0.5, 0.6) is 0 Å². The second kappa shape index (κ2) is 11.9. The number of benzene rings is 2. The Balaban J connectivity index is 1.52. The van der Waals surface area contributed by atoms with Crippen molar-refractivity contribution >= 4 is 22.2 Å². The zero-order valence-electron chi connectivity index (χ0n) is 18.2. The van der Waals surface area contributed by atoms with Crippen LogP contribution in [0.25, 0.3) is 11.3 Å². The molecule has 0 radical (unpaired) electrons. The standard InChI is InChI=1S/C27H29N3S/c1-4-6-8-11-22(3)20-30(5-2)19-18-23-14-16-25(17-15-23)28-27-29-26(21-31-27)24-12-9-7-10-13-24/h1,6-17,21H,5,18-20H2,2-3H3,(H,28,29)/b8-6-,22-11+. The van der Waals surface area contributed by atoms with Gasteiger partial charge in [0.1, 0.15) is 0 Å². The molecule has 31 heavy (non-hydrogen) atoms. The number of anilines is 2. The maximum atomic E-state index is 5.25. The largest absolute Gasteiger partial charge is 0.332 e. The Kier molecular flexibility index (Phi) is 8.66. The minimum Gasteiger partial charge on any atom is -0.332 e. The molecule has 0 saturated heterocycles. The Morgan fingerprint density at radius 1 is 1.16 bits per heavy atom. The van der Waals surface area contributed by atoms with E-state index in [0.717, 1.165) is 48.1 Å². The maximum Gasteiger partial charge on any atom is 0.187 e. The molecule has 4 heteroatoms. The van der Waals surface area contributed by atoms with E-state index in [1.54, 1.807) is 17.4 Å². The molecule has 2 aromatic carbocycles. The van der Waals surface area contributed by atoms with Crippen LogP contribution in [-0.4, -0.2) is 29.5 Å². The maximum absolute atomic E-state index is 5.25. The van der Waals surface area contributed by atoms with Crippen molar-refractivity contribution in [3.63, 3.8) is 0 Å². The molecule has 0 fully saturated rings. The lowest BCUT2D eigenvalue weighted by Gasteiger charge is -2.20. The summed E-state index contributed by atoms with van der Waals surface area (Å²) in [6.07, 6.45) is 12.0. The molecule has 0 amide bonds. The van der Waals surface area contributed by atoms with Crippen LogP contribution >= 0.6 is 11.3 Å². The fraction of sp³-hybridized carbons (Fsp3) is 0.222. The third-order valence-corrected chi connectivity index (χ3v) is 5.75. The first-order valence-electron chi connectivity index (χ1n) is 10.6. The summed E-state index contributed by atoms with van der Waals surface area (Å²) in [4.78, 5) is 7.15. The van der Waals surface area contributed by atoms with Crippen molar-refractivity contribution in [2.45, 2.75) is 20.3 Å². The highest BCUT2D eigenvalue weighted by atomic mass is 32.1. The summed E-state index contributed by atoms with van der Waals surface area (Å²) in [7, 11) is 0. The zero-order valence-corrected chi connectivity index (χ0v) is 19.0. The molecule has 0 saturated carbocycles. The van der Waals surface area contributed by atoms with E-state index < -0.39 is 0 Å². The highest BCUT2D eigenvalue weighted by Crippen LogP contribution is 2.27. The fourth-order valence-electron chi connectivity index (χ4n) is 3.26. The molecule has 0 atom stereocenters. The number of likely N-dealkylation sites (N-methyl/N-ethyl adjacent to an activating group) is 1. The number of aromatic nitrogens is 1. The summed E-state index contributed by atoms with van der Waals surface area (Å²) in [5.74, 6) is 2.52. The van der Waals surface area contributed by atoms with Crippen LogP contribution in [0, 0.1) is 12.3 Å². The van der Waals surface area contributed by atoms with Gasteiger partial charge in [0.05, 0.1) is 5.69 Å². The Hall–Kier alpha value is -3.13. The van der Waals surface area contributed by atoms with Gasteiger partial charge in [-0.1, -0.05) is 73.0 Å². The summed E-state index contributed by atoms with van der Waals surface area (Å²) in [5, 5.41) is 6.41. The van der Waals surface area contributed by atoms with Crippen molar-refractivity contribution in [2.24, 2.45) is 0 Å². The summed E-state index contributed by atoms with van der Waals surface area (Å²) < 4.78 is 0. The second-order valence-electron chi connectivity index (χ2n) is 7.38. The normalized spacial score (nSPS) is 11.7. The molecular weight excluding hydrogens is 398 g/mol. The van der Waals surface area contributed by atoms with Crippen molar-refractivity contribution in [1.82, 2.24) is 9.88 Å². The highest BCUT2D eigenvalue weighted by Gasteiger charge is 2.06. The summed E-state index contributed by atoms with van der Waals surface area (Å²) in [5.41, 5.74) is 5.85. The van der Waals surface area contributed by atoms with E-state index in [0.29, 0.717) is 0 Å². The number of terminal acetylenes is 1. The van der Waals surface area contributed by atoms with Crippen LogP contribution in [0.15, 0.2) is 83.8 Å². The van der Waals surface area contributed by atoms with Gasteiger partial charge in [0, 0.05) is 29.7 Å². The predicted octanol–water partition coefficient (Wildman–Crippen LogP) is 6.55. The van der Waals surface area contributed by atoms with Crippen molar-refractivity contribution in [3.05, 3.63) is 89.3 Å². The summed E-state index contributed by atoms with van der Waals surface area (Å²) in [6.45, 7) is 7.36. The highest BCUT2D eigenvalue weighted by molar-refractivity contribution is 7.14. The Bertz CT molecular complexity index is 1040.